The predicted molar refractivity (Wildman–Crippen MR) is 102 cm³/mol. The van der Waals surface area contributed by atoms with Gasteiger partial charge in [0, 0.05) is 21.6 Å². The Balaban J connectivity index is 1.89. The quantitative estimate of drug-likeness (QED) is 0.524. The molecule has 0 unspecified atom stereocenters. The second-order valence-corrected chi connectivity index (χ2v) is 7.34. The molecule has 0 saturated carbocycles. The number of anilines is 1. The van der Waals surface area contributed by atoms with Crippen molar-refractivity contribution < 1.29 is 27.9 Å². The molecule has 2 heterocycles. The summed E-state index contributed by atoms with van der Waals surface area (Å²) >= 11 is 4.31. The molecule has 144 valence electrons. The number of hydrogen-bond acceptors (Lipinski definition) is 4. The summed E-state index contributed by atoms with van der Waals surface area (Å²) in [5.41, 5.74) is -0.271. The normalized spacial score (nSPS) is 11.3. The first-order chi connectivity index (χ1) is 13.2. The van der Waals surface area contributed by atoms with Gasteiger partial charge in [-0.3, -0.25) is 9.78 Å². The maximum atomic E-state index is 12.6. The van der Waals surface area contributed by atoms with E-state index < -0.39 is 23.7 Å². The zero-order valence-corrected chi connectivity index (χ0v) is 16.2. The van der Waals surface area contributed by atoms with E-state index in [4.69, 9.17) is 0 Å². The van der Waals surface area contributed by atoms with Gasteiger partial charge in [-0.15, -0.1) is 11.3 Å². The van der Waals surface area contributed by atoms with Crippen LogP contribution in [0.5, 0.6) is 0 Å². The highest BCUT2D eigenvalue weighted by atomic mass is 79.9. The van der Waals surface area contributed by atoms with Crippen LogP contribution in [0.25, 0.3) is 11.1 Å². The van der Waals surface area contributed by atoms with Gasteiger partial charge < -0.3 is 10.4 Å². The summed E-state index contributed by atoms with van der Waals surface area (Å²) < 4.78 is 38.5. The van der Waals surface area contributed by atoms with Crippen molar-refractivity contribution in [2.45, 2.75) is 6.18 Å². The molecular weight excluding hydrogens is 461 g/mol. The monoisotopic (exact) mass is 470 g/mol. The van der Waals surface area contributed by atoms with Crippen molar-refractivity contribution in [3.8, 4) is 11.1 Å². The first-order valence-electron chi connectivity index (χ1n) is 7.62. The molecule has 3 aromatic rings. The lowest BCUT2D eigenvalue weighted by molar-refractivity contribution is -0.141. The summed E-state index contributed by atoms with van der Waals surface area (Å²) in [4.78, 5) is 27.3. The van der Waals surface area contributed by atoms with Crippen molar-refractivity contribution in [3.63, 3.8) is 0 Å². The Bertz CT molecular complexity index is 1030. The molecule has 1 amide bonds. The van der Waals surface area contributed by atoms with E-state index in [1.165, 1.54) is 0 Å². The van der Waals surface area contributed by atoms with Crippen molar-refractivity contribution in [2.24, 2.45) is 0 Å². The van der Waals surface area contributed by atoms with E-state index in [1.807, 2.05) is 0 Å². The third-order valence-corrected chi connectivity index (χ3v) is 5.13. The number of nitrogens with one attached hydrogen (secondary N) is 1. The number of carbonyl (C=O) groups excluding carboxylic acids is 1. The fourth-order valence-corrected chi connectivity index (χ4v) is 3.60. The highest BCUT2D eigenvalue weighted by molar-refractivity contribution is 9.10. The fraction of sp³-hybridized carbons (Fsp3) is 0.0556. The number of aromatic carboxylic acids is 1. The van der Waals surface area contributed by atoms with Gasteiger partial charge in [0.1, 0.15) is 16.3 Å². The SMILES string of the molecule is O=C(Nc1scc(-c2ccc(Br)cc2)c1C(=O)O)c1ccc(C(F)(F)F)nc1. The summed E-state index contributed by atoms with van der Waals surface area (Å²) in [7, 11) is 0. The molecule has 1 aromatic carbocycles. The molecule has 5 nitrogen and oxygen atoms in total. The first kappa shape index (κ1) is 20.0. The molecule has 0 aliphatic rings. The third kappa shape index (κ3) is 4.23. The maximum absolute atomic E-state index is 12.6. The standard InChI is InChI=1S/C18H10BrF3N2O3S/c19-11-4-1-9(2-5-11)12-8-28-16(14(12)17(26)27)24-15(25)10-3-6-13(23-7-10)18(20,21)22/h1-8H,(H,24,25)(H,26,27). The van der Waals surface area contributed by atoms with E-state index >= 15 is 0 Å². The number of alkyl halides is 3. The summed E-state index contributed by atoms with van der Waals surface area (Å²) in [6.07, 6.45) is -3.82. The predicted octanol–water partition coefficient (Wildman–Crippen LogP) is 5.54. The van der Waals surface area contributed by atoms with E-state index in [9.17, 15) is 27.9 Å². The minimum Gasteiger partial charge on any atom is -0.478 e. The van der Waals surface area contributed by atoms with Crippen LogP contribution >= 0.6 is 27.3 Å². The number of pyridine rings is 1. The van der Waals surface area contributed by atoms with Crippen LogP contribution in [0.4, 0.5) is 18.2 Å². The van der Waals surface area contributed by atoms with Crippen molar-refractivity contribution in [1.29, 1.82) is 0 Å². The number of halogens is 4. The van der Waals surface area contributed by atoms with Gasteiger partial charge in [-0.25, -0.2) is 4.79 Å². The Morgan fingerprint density at radius 1 is 1.11 bits per heavy atom. The second-order valence-electron chi connectivity index (χ2n) is 5.55. The summed E-state index contributed by atoms with van der Waals surface area (Å²) in [6.45, 7) is 0. The summed E-state index contributed by atoms with van der Waals surface area (Å²) in [5.74, 6) is -1.99. The molecule has 28 heavy (non-hydrogen) atoms. The molecule has 2 aromatic heterocycles. The van der Waals surface area contributed by atoms with Crippen molar-refractivity contribution in [1.82, 2.24) is 4.98 Å². The molecule has 10 heteroatoms. The van der Waals surface area contributed by atoms with E-state index in [-0.39, 0.29) is 16.1 Å². The topological polar surface area (TPSA) is 79.3 Å². The lowest BCUT2D eigenvalue weighted by Crippen LogP contribution is -2.15. The van der Waals surface area contributed by atoms with Crippen LogP contribution in [-0.2, 0) is 6.18 Å². The van der Waals surface area contributed by atoms with Gasteiger partial charge in [-0.1, -0.05) is 28.1 Å². The van der Waals surface area contributed by atoms with E-state index in [1.54, 1.807) is 29.6 Å². The number of benzene rings is 1. The molecule has 0 atom stereocenters. The first-order valence-corrected chi connectivity index (χ1v) is 9.29. The van der Waals surface area contributed by atoms with Gasteiger partial charge in [0.15, 0.2) is 0 Å². The fourth-order valence-electron chi connectivity index (χ4n) is 2.38. The Kier molecular flexibility index (Phi) is 5.52. The second kappa shape index (κ2) is 7.72. The van der Waals surface area contributed by atoms with Crippen LogP contribution in [0.1, 0.15) is 26.4 Å². The zero-order chi connectivity index (χ0) is 20.5. The molecule has 0 fully saturated rings. The minimum atomic E-state index is -4.61. The van der Waals surface area contributed by atoms with Crippen LogP contribution in [0.15, 0.2) is 52.4 Å². The molecule has 0 saturated heterocycles. The molecule has 0 radical (unpaired) electrons. The van der Waals surface area contributed by atoms with E-state index in [0.29, 0.717) is 17.2 Å². The van der Waals surface area contributed by atoms with Gasteiger partial charge in [0.05, 0.1) is 5.56 Å². The van der Waals surface area contributed by atoms with Gasteiger partial charge >= 0.3 is 12.1 Å². The number of carbonyl (C=O) groups is 2. The number of carboxylic acid groups (broad SMARTS) is 1. The number of rotatable bonds is 4. The van der Waals surface area contributed by atoms with Gasteiger partial charge in [-0.2, -0.15) is 13.2 Å². The number of amides is 1. The molecule has 0 spiro atoms. The van der Waals surface area contributed by atoms with Crippen molar-refractivity contribution in [2.75, 3.05) is 5.32 Å². The third-order valence-electron chi connectivity index (χ3n) is 3.70. The Morgan fingerprint density at radius 2 is 1.79 bits per heavy atom. The van der Waals surface area contributed by atoms with Crippen LogP contribution in [0, 0.1) is 0 Å². The van der Waals surface area contributed by atoms with Crippen LogP contribution in [-0.4, -0.2) is 22.0 Å². The van der Waals surface area contributed by atoms with Gasteiger partial charge in [-0.05, 0) is 29.8 Å². The Labute approximate surface area is 169 Å². The molecule has 2 N–H and O–H groups in total. The minimum absolute atomic E-state index is 0.0790. The number of hydrogen-bond donors (Lipinski definition) is 2. The zero-order valence-electron chi connectivity index (χ0n) is 13.7. The largest absolute Gasteiger partial charge is 0.478 e. The van der Waals surface area contributed by atoms with Gasteiger partial charge in [0.25, 0.3) is 5.91 Å². The summed E-state index contributed by atoms with van der Waals surface area (Å²) in [6, 6.07) is 8.63. The van der Waals surface area contributed by atoms with Crippen LogP contribution in [0.2, 0.25) is 0 Å². The van der Waals surface area contributed by atoms with Crippen LogP contribution < -0.4 is 5.32 Å². The number of aromatic nitrogens is 1. The highest BCUT2D eigenvalue weighted by Gasteiger charge is 2.32. The smallest absolute Gasteiger partial charge is 0.433 e. The molecular formula is C18H10BrF3N2O3S. The van der Waals surface area contributed by atoms with Gasteiger partial charge in [0.2, 0.25) is 0 Å². The highest BCUT2D eigenvalue weighted by Crippen LogP contribution is 2.36. The molecule has 0 bridgehead atoms. The Morgan fingerprint density at radius 3 is 2.32 bits per heavy atom. The summed E-state index contributed by atoms with van der Waals surface area (Å²) in [5, 5.41) is 13.7. The Hall–Kier alpha value is -2.72. The number of nitrogens with zero attached hydrogens (tertiary/aromatic N) is 1. The lowest BCUT2D eigenvalue weighted by atomic mass is 10.0. The maximum Gasteiger partial charge on any atom is 0.433 e. The molecule has 0 aliphatic heterocycles. The van der Waals surface area contributed by atoms with E-state index in [2.05, 4.69) is 26.2 Å². The number of carboxylic acids is 1. The lowest BCUT2D eigenvalue weighted by Gasteiger charge is -2.08. The average Bonchev–Trinajstić information content (AvgIpc) is 3.05. The van der Waals surface area contributed by atoms with Crippen molar-refractivity contribution in [3.05, 3.63) is 69.3 Å². The number of thiophene rings is 1. The van der Waals surface area contributed by atoms with E-state index in [0.717, 1.165) is 28.1 Å². The average molecular weight is 471 g/mol. The van der Waals surface area contributed by atoms with Crippen molar-refractivity contribution >= 4 is 44.1 Å². The molecule has 0 aliphatic carbocycles. The molecule has 3 rings (SSSR count). The van der Waals surface area contributed by atoms with Crippen LogP contribution in [0.3, 0.4) is 0 Å².